The molecule has 0 unspecified atom stereocenters. The van der Waals surface area contributed by atoms with Gasteiger partial charge in [0.1, 0.15) is 11.6 Å². The van der Waals surface area contributed by atoms with Crippen LogP contribution in [0.15, 0.2) is 36.4 Å². The Labute approximate surface area is 115 Å². The van der Waals surface area contributed by atoms with Crippen molar-refractivity contribution in [3.8, 4) is 11.5 Å². The molecular weight excluding hydrogens is 290 g/mol. The van der Waals surface area contributed by atoms with Crippen LogP contribution in [0.25, 0.3) is 0 Å². The summed E-state index contributed by atoms with van der Waals surface area (Å²) in [5.74, 6) is -3.20. The van der Waals surface area contributed by atoms with Gasteiger partial charge < -0.3 is 4.74 Å². The number of halogens is 2. The predicted molar refractivity (Wildman–Crippen MR) is 66.2 cm³/mol. The number of hydrogen-bond acceptors (Lipinski definition) is 5. The molecular formula is C12H6F2N2O5. The summed E-state index contributed by atoms with van der Waals surface area (Å²) in [6, 6.07) is 5.24. The maximum atomic E-state index is 13.6. The molecule has 7 nitrogen and oxygen atoms in total. The van der Waals surface area contributed by atoms with E-state index in [9.17, 15) is 29.0 Å². The first-order chi connectivity index (χ1) is 9.88. The van der Waals surface area contributed by atoms with Gasteiger partial charge in [-0.15, -0.1) is 0 Å². The highest BCUT2D eigenvalue weighted by Gasteiger charge is 2.21. The van der Waals surface area contributed by atoms with Crippen LogP contribution in [0.2, 0.25) is 0 Å². The van der Waals surface area contributed by atoms with Gasteiger partial charge >= 0.3 is 5.69 Å². The van der Waals surface area contributed by atoms with Gasteiger partial charge in [-0.05, 0) is 6.07 Å². The summed E-state index contributed by atoms with van der Waals surface area (Å²) in [6.45, 7) is 0. The molecule has 0 aliphatic rings. The Hall–Kier alpha value is -3.10. The zero-order chi connectivity index (χ0) is 15.6. The van der Waals surface area contributed by atoms with Crippen LogP contribution in [0, 0.1) is 31.9 Å². The summed E-state index contributed by atoms with van der Waals surface area (Å²) in [5.41, 5.74) is -1.30. The standard InChI is InChI=1S/C12H6F2N2O5/c13-7-4-8(15(17)18)6-9(5-7)21-12-10(14)2-1-3-11(12)16(19)20/h1-6H. The van der Waals surface area contributed by atoms with Gasteiger partial charge in [0.15, 0.2) is 5.82 Å². The maximum Gasteiger partial charge on any atom is 0.314 e. The van der Waals surface area contributed by atoms with Crippen molar-refractivity contribution in [3.05, 3.63) is 68.3 Å². The van der Waals surface area contributed by atoms with Crippen LogP contribution in [0.5, 0.6) is 11.5 Å². The van der Waals surface area contributed by atoms with Gasteiger partial charge in [-0.3, -0.25) is 20.2 Å². The van der Waals surface area contributed by atoms with E-state index in [0.29, 0.717) is 6.07 Å². The molecule has 0 atom stereocenters. The number of benzene rings is 2. The number of para-hydroxylation sites is 1. The van der Waals surface area contributed by atoms with Crippen molar-refractivity contribution in [1.82, 2.24) is 0 Å². The molecule has 0 saturated carbocycles. The molecule has 21 heavy (non-hydrogen) atoms. The smallest absolute Gasteiger partial charge is 0.314 e. The van der Waals surface area contributed by atoms with Gasteiger partial charge in [-0.25, -0.2) is 8.78 Å². The Morgan fingerprint density at radius 3 is 2.33 bits per heavy atom. The largest absolute Gasteiger partial charge is 0.447 e. The Bertz CT molecular complexity index is 736. The van der Waals surface area contributed by atoms with Crippen LogP contribution >= 0.6 is 0 Å². The van der Waals surface area contributed by atoms with Crippen LogP contribution in [0.4, 0.5) is 20.2 Å². The summed E-state index contributed by atoms with van der Waals surface area (Å²) in [6.07, 6.45) is 0. The maximum absolute atomic E-state index is 13.6. The molecule has 0 bridgehead atoms. The Balaban J connectivity index is 2.48. The fraction of sp³-hybridized carbons (Fsp3) is 0. The lowest BCUT2D eigenvalue weighted by Crippen LogP contribution is -1.97. The van der Waals surface area contributed by atoms with E-state index in [1.165, 1.54) is 0 Å². The van der Waals surface area contributed by atoms with E-state index in [1.54, 1.807) is 0 Å². The predicted octanol–water partition coefficient (Wildman–Crippen LogP) is 3.57. The third kappa shape index (κ3) is 3.08. The van der Waals surface area contributed by atoms with Crippen molar-refractivity contribution in [2.75, 3.05) is 0 Å². The molecule has 0 saturated heterocycles. The SMILES string of the molecule is O=[N+]([O-])c1cc(F)cc(Oc2c(F)cccc2[N+](=O)[O-])c1. The molecule has 2 rings (SSSR count). The van der Waals surface area contributed by atoms with Gasteiger partial charge in [0.2, 0.25) is 5.75 Å². The summed E-state index contributed by atoms with van der Waals surface area (Å²) >= 11 is 0. The number of nitro benzene ring substituents is 2. The van der Waals surface area contributed by atoms with Gasteiger partial charge in [0.05, 0.1) is 22.0 Å². The van der Waals surface area contributed by atoms with Gasteiger partial charge in [-0.2, -0.15) is 0 Å². The molecule has 0 aliphatic carbocycles. The van der Waals surface area contributed by atoms with Crippen molar-refractivity contribution in [2.24, 2.45) is 0 Å². The Kier molecular flexibility index (Phi) is 3.74. The minimum atomic E-state index is -1.05. The Morgan fingerprint density at radius 2 is 1.71 bits per heavy atom. The third-order valence-corrected chi connectivity index (χ3v) is 2.43. The monoisotopic (exact) mass is 296 g/mol. The number of non-ortho nitro benzene ring substituents is 1. The van der Waals surface area contributed by atoms with E-state index in [2.05, 4.69) is 0 Å². The van der Waals surface area contributed by atoms with Crippen molar-refractivity contribution in [3.63, 3.8) is 0 Å². The summed E-state index contributed by atoms with van der Waals surface area (Å²) in [4.78, 5) is 19.6. The minimum Gasteiger partial charge on any atom is -0.447 e. The second-order valence-corrected chi connectivity index (χ2v) is 3.85. The quantitative estimate of drug-likeness (QED) is 0.634. The van der Waals surface area contributed by atoms with Crippen molar-refractivity contribution < 1.29 is 23.4 Å². The molecule has 0 heterocycles. The van der Waals surface area contributed by atoms with E-state index in [0.717, 1.165) is 30.3 Å². The summed E-state index contributed by atoms with van der Waals surface area (Å²) in [7, 11) is 0. The average Bonchev–Trinajstić information content (AvgIpc) is 2.40. The molecule has 0 N–H and O–H groups in total. The fourth-order valence-electron chi connectivity index (χ4n) is 1.57. The zero-order valence-electron chi connectivity index (χ0n) is 10.2. The van der Waals surface area contributed by atoms with Crippen LogP contribution in [-0.4, -0.2) is 9.85 Å². The highest BCUT2D eigenvalue weighted by molar-refractivity contribution is 5.50. The second-order valence-electron chi connectivity index (χ2n) is 3.85. The van der Waals surface area contributed by atoms with Crippen molar-refractivity contribution >= 4 is 11.4 Å². The summed E-state index contributed by atoms with van der Waals surface area (Å²) in [5, 5.41) is 21.4. The van der Waals surface area contributed by atoms with Gasteiger partial charge in [-0.1, -0.05) is 6.07 Å². The zero-order valence-corrected chi connectivity index (χ0v) is 10.2. The molecule has 0 amide bonds. The number of hydrogen-bond donors (Lipinski definition) is 0. The molecule has 9 heteroatoms. The van der Waals surface area contributed by atoms with E-state index < -0.39 is 44.4 Å². The van der Waals surface area contributed by atoms with Crippen molar-refractivity contribution in [2.45, 2.75) is 0 Å². The second kappa shape index (κ2) is 5.49. The van der Waals surface area contributed by atoms with E-state index in [1.807, 2.05) is 0 Å². The highest BCUT2D eigenvalue weighted by atomic mass is 19.1. The molecule has 0 fully saturated rings. The molecule has 108 valence electrons. The van der Waals surface area contributed by atoms with E-state index in [-0.39, 0.29) is 0 Å². The van der Waals surface area contributed by atoms with Crippen LogP contribution in [-0.2, 0) is 0 Å². The number of nitro groups is 2. The first-order valence-corrected chi connectivity index (χ1v) is 5.44. The van der Waals surface area contributed by atoms with E-state index in [4.69, 9.17) is 4.74 Å². The fourth-order valence-corrected chi connectivity index (χ4v) is 1.57. The van der Waals surface area contributed by atoms with Gasteiger partial charge in [0.25, 0.3) is 5.69 Å². The highest BCUT2D eigenvalue weighted by Crippen LogP contribution is 2.35. The average molecular weight is 296 g/mol. The molecule has 2 aromatic carbocycles. The normalized spacial score (nSPS) is 10.2. The number of rotatable bonds is 4. The van der Waals surface area contributed by atoms with Crippen molar-refractivity contribution in [1.29, 1.82) is 0 Å². The number of nitrogens with zero attached hydrogens (tertiary/aromatic N) is 2. The molecule has 0 aliphatic heterocycles. The van der Waals surface area contributed by atoms with Crippen LogP contribution in [0.1, 0.15) is 0 Å². The van der Waals surface area contributed by atoms with Gasteiger partial charge in [0, 0.05) is 12.1 Å². The lowest BCUT2D eigenvalue weighted by molar-refractivity contribution is -0.386. The lowest BCUT2D eigenvalue weighted by atomic mass is 10.2. The third-order valence-electron chi connectivity index (χ3n) is 2.43. The minimum absolute atomic E-state index is 0.421. The summed E-state index contributed by atoms with van der Waals surface area (Å²) < 4.78 is 31.7. The molecule has 0 radical (unpaired) electrons. The molecule has 2 aromatic rings. The first kappa shape index (κ1) is 14.3. The first-order valence-electron chi connectivity index (χ1n) is 5.44. The lowest BCUT2D eigenvalue weighted by Gasteiger charge is -2.07. The van der Waals surface area contributed by atoms with Crippen LogP contribution in [0.3, 0.4) is 0 Å². The van der Waals surface area contributed by atoms with Crippen LogP contribution < -0.4 is 4.74 Å². The Morgan fingerprint density at radius 1 is 1.00 bits per heavy atom. The molecule has 0 aromatic heterocycles. The van der Waals surface area contributed by atoms with E-state index >= 15 is 0 Å². The molecule has 0 spiro atoms. The number of ether oxygens (including phenoxy) is 1. The topological polar surface area (TPSA) is 95.5 Å².